The molecule has 1 saturated heterocycles. The summed E-state index contributed by atoms with van der Waals surface area (Å²) in [5.41, 5.74) is 2.62. The molecule has 0 saturated carbocycles. The minimum absolute atomic E-state index is 0.104. The quantitative estimate of drug-likeness (QED) is 0.673. The first-order chi connectivity index (χ1) is 14.1. The number of fused-ring (bicyclic) bond motifs is 1. The summed E-state index contributed by atoms with van der Waals surface area (Å²) >= 11 is 0. The molecule has 0 atom stereocenters. The average molecular weight is 392 g/mol. The number of carbonyl (C=O) groups excluding carboxylic acids is 1. The van der Waals surface area contributed by atoms with Gasteiger partial charge in [0.25, 0.3) is 0 Å². The van der Waals surface area contributed by atoms with Gasteiger partial charge in [-0.05, 0) is 56.1 Å². The van der Waals surface area contributed by atoms with Crippen LogP contribution in [-0.4, -0.2) is 51.1 Å². The number of hydrogen-bond acceptors (Lipinski definition) is 4. The molecule has 0 radical (unpaired) electrons. The van der Waals surface area contributed by atoms with Crippen LogP contribution in [0.3, 0.4) is 0 Å². The number of anilines is 1. The van der Waals surface area contributed by atoms with Gasteiger partial charge in [0.1, 0.15) is 0 Å². The van der Waals surface area contributed by atoms with Gasteiger partial charge in [0, 0.05) is 6.54 Å². The number of imidazole rings is 1. The molecule has 1 aliphatic heterocycles. The van der Waals surface area contributed by atoms with Crippen LogP contribution in [0.2, 0.25) is 0 Å². The number of nitrogens with zero attached hydrogens (tertiary/aromatic N) is 3. The Bertz CT molecular complexity index is 1020. The molecule has 7 nitrogen and oxygen atoms in total. The number of benzene rings is 2. The maximum absolute atomic E-state index is 12.4. The van der Waals surface area contributed by atoms with E-state index in [1.165, 1.54) is 6.07 Å². The molecule has 1 fully saturated rings. The van der Waals surface area contributed by atoms with Crippen LogP contribution in [0.25, 0.3) is 11.0 Å². The van der Waals surface area contributed by atoms with Crippen LogP contribution in [0, 0.1) is 5.92 Å². The Kier molecular flexibility index (Phi) is 5.57. The summed E-state index contributed by atoms with van der Waals surface area (Å²) in [6, 6.07) is 14.6. The van der Waals surface area contributed by atoms with Crippen molar-refractivity contribution in [3.05, 3.63) is 60.4 Å². The van der Waals surface area contributed by atoms with E-state index in [1.807, 2.05) is 24.5 Å². The molecule has 0 aliphatic carbocycles. The van der Waals surface area contributed by atoms with Crippen molar-refractivity contribution in [2.24, 2.45) is 5.92 Å². The van der Waals surface area contributed by atoms with Crippen molar-refractivity contribution in [3.8, 4) is 0 Å². The third-order valence-electron chi connectivity index (χ3n) is 5.49. The van der Waals surface area contributed by atoms with Gasteiger partial charge in [0.2, 0.25) is 5.91 Å². The lowest BCUT2D eigenvalue weighted by molar-refractivity contribution is -0.117. The highest BCUT2D eigenvalue weighted by atomic mass is 16.4. The molecule has 1 amide bonds. The van der Waals surface area contributed by atoms with Crippen molar-refractivity contribution < 1.29 is 14.7 Å². The third-order valence-corrected chi connectivity index (χ3v) is 5.49. The van der Waals surface area contributed by atoms with Crippen molar-refractivity contribution in [2.75, 3.05) is 25.0 Å². The van der Waals surface area contributed by atoms with E-state index < -0.39 is 5.97 Å². The molecule has 3 aromatic rings. The zero-order valence-electron chi connectivity index (χ0n) is 16.1. The van der Waals surface area contributed by atoms with Gasteiger partial charge < -0.3 is 15.0 Å². The Hall–Kier alpha value is -3.19. The number of rotatable bonds is 6. The number of carbonyl (C=O) groups is 2. The highest BCUT2D eigenvalue weighted by Crippen LogP contribution is 2.22. The number of amides is 1. The number of hydrogen-bond donors (Lipinski definition) is 2. The van der Waals surface area contributed by atoms with E-state index >= 15 is 0 Å². The van der Waals surface area contributed by atoms with Crippen LogP contribution < -0.4 is 5.32 Å². The summed E-state index contributed by atoms with van der Waals surface area (Å²) in [5, 5.41) is 12.0. The fraction of sp³-hybridized carbons (Fsp3) is 0.318. The molecule has 0 unspecified atom stereocenters. The van der Waals surface area contributed by atoms with Gasteiger partial charge in [-0.2, -0.15) is 0 Å². The monoisotopic (exact) mass is 392 g/mol. The number of aromatic carboxylic acids is 1. The van der Waals surface area contributed by atoms with Gasteiger partial charge in [0.05, 0.1) is 35.2 Å². The first-order valence-corrected chi connectivity index (χ1v) is 9.84. The van der Waals surface area contributed by atoms with E-state index in [0.717, 1.165) is 43.5 Å². The number of likely N-dealkylation sites (tertiary alicyclic amines) is 1. The highest BCUT2D eigenvalue weighted by Gasteiger charge is 2.22. The van der Waals surface area contributed by atoms with Crippen LogP contribution in [0.15, 0.2) is 54.9 Å². The van der Waals surface area contributed by atoms with E-state index in [0.29, 0.717) is 11.6 Å². The molecule has 150 valence electrons. The second kappa shape index (κ2) is 8.45. The van der Waals surface area contributed by atoms with Crippen molar-refractivity contribution in [3.63, 3.8) is 0 Å². The van der Waals surface area contributed by atoms with E-state index in [2.05, 4.69) is 25.8 Å². The lowest BCUT2D eigenvalue weighted by Crippen LogP contribution is -2.40. The second-order valence-corrected chi connectivity index (χ2v) is 7.50. The second-order valence-electron chi connectivity index (χ2n) is 7.50. The zero-order chi connectivity index (χ0) is 20.2. The first kappa shape index (κ1) is 19.1. The molecule has 2 N–H and O–H groups in total. The van der Waals surface area contributed by atoms with E-state index in [-0.39, 0.29) is 18.0 Å². The van der Waals surface area contributed by atoms with Crippen LogP contribution in [0.4, 0.5) is 5.69 Å². The molecule has 0 spiro atoms. The number of carboxylic acid groups (broad SMARTS) is 1. The third kappa shape index (κ3) is 4.46. The topological polar surface area (TPSA) is 87.5 Å². The predicted molar refractivity (Wildman–Crippen MR) is 111 cm³/mol. The van der Waals surface area contributed by atoms with Crippen LogP contribution in [-0.2, 0) is 11.3 Å². The molecule has 0 bridgehead atoms. The number of para-hydroxylation sites is 3. The summed E-state index contributed by atoms with van der Waals surface area (Å²) in [6.45, 7) is 2.91. The van der Waals surface area contributed by atoms with Crippen LogP contribution in [0.1, 0.15) is 23.2 Å². The molecule has 1 aromatic heterocycles. The van der Waals surface area contributed by atoms with Crippen molar-refractivity contribution in [2.45, 2.75) is 19.4 Å². The van der Waals surface area contributed by atoms with Crippen molar-refractivity contribution >= 4 is 28.6 Å². The maximum Gasteiger partial charge on any atom is 0.337 e. The van der Waals surface area contributed by atoms with Gasteiger partial charge in [0.15, 0.2) is 0 Å². The predicted octanol–water partition coefficient (Wildman–Crippen LogP) is 3.09. The van der Waals surface area contributed by atoms with E-state index in [9.17, 15) is 14.7 Å². The maximum atomic E-state index is 12.4. The van der Waals surface area contributed by atoms with E-state index in [4.69, 9.17) is 0 Å². The normalized spacial score (nSPS) is 15.4. The Morgan fingerprint density at radius 3 is 2.59 bits per heavy atom. The van der Waals surface area contributed by atoms with Crippen molar-refractivity contribution in [1.29, 1.82) is 0 Å². The fourth-order valence-electron chi connectivity index (χ4n) is 3.93. The summed E-state index contributed by atoms with van der Waals surface area (Å²) in [5.74, 6) is -0.675. The molecule has 1 aliphatic rings. The standard InChI is InChI=1S/C22H24N4O3/c27-21(24-18-6-2-1-5-17(18)22(28)29)14-25-11-9-16(10-12-25)13-26-15-23-19-7-3-4-8-20(19)26/h1-8,15-16H,9-14H2,(H,24,27)(H,28,29). The number of nitrogens with one attached hydrogen (secondary N) is 1. The van der Waals surface area contributed by atoms with E-state index in [1.54, 1.807) is 18.2 Å². The fourth-order valence-corrected chi connectivity index (χ4v) is 3.93. The first-order valence-electron chi connectivity index (χ1n) is 9.84. The van der Waals surface area contributed by atoms with Crippen LogP contribution >= 0.6 is 0 Å². The Labute approximate surface area is 169 Å². The molecular weight excluding hydrogens is 368 g/mol. The summed E-state index contributed by atoms with van der Waals surface area (Å²) < 4.78 is 2.21. The highest BCUT2D eigenvalue weighted by molar-refractivity contribution is 6.01. The van der Waals surface area contributed by atoms with Gasteiger partial charge in [-0.25, -0.2) is 9.78 Å². The Balaban J connectivity index is 1.29. The number of piperidine rings is 1. The Morgan fingerprint density at radius 2 is 1.79 bits per heavy atom. The molecule has 2 heterocycles. The van der Waals surface area contributed by atoms with Gasteiger partial charge in [-0.15, -0.1) is 0 Å². The smallest absolute Gasteiger partial charge is 0.337 e. The van der Waals surface area contributed by atoms with Crippen LogP contribution in [0.5, 0.6) is 0 Å². The molecular formula is C22H24N4O3. The molecule has 7 heteroatoms. The molecule has 2 aromatic carbocycles. The summed E-state index contributed by atoms with van der Waals surface area (Å²) in [7, 11) is 0. The van der Waals surface area contributed by atoms with Gasteiger partial charge in [-0.3, -0.25) is 9.69 Å². The minimum Gasteiger partial charge on any atom is -0.478 e. The largest absolute Gasteiger partial charge is 0.478 e. The molecule has 29 heavy (non-hydrogen) atoms. The number of carboxylic acids is 1. The van der Waals surface area contributed by atoms with Gasteiger partial charge in [-0.1, -0.05) is 24.3 Å². The lowest BCUT2D eigenvalue weighted by Gasteiger charge is -2.31. The van der Waals surface area contributed by atoms with Crippen molar-refractivity contribution in [1.82, 2.24) is 14.5 Å². The number of aromatic nitrogens is 2. The zero-order valence-corrected chi connectivity index (χ0v) is 16.1. The molecule has 4 rings (SSSR count). The summed E-state index contributed by atoms with van der Waals surface area (Å²) in [6.07, 6.45) is 3.95. The average Bonchev–Trinajstić information content (AvgIpc) is 3.12. The Morgan fingerprint density at radius 1 is 1.07 bits per heavy atom. The SMILES string of the molecule is O=C(CN1CCC(Cn2cnc3ccccc32)CC1)Nc1ccccc1C(=O)O. The lowest BCUT2D eigenvalue weighted by atomic mass is 9.96. The van der Waals surface area contributed by atoms with Gasteiger partial charge >= 0.3 is 5.97 Å². The minimum atomic E-state index is -1.05. The summed E-state index contributed by atoms with van der Waals surface area (Å²) in [4.78, 5) is 30.2.